The number of ether oxygens (including phenoxy) is 2. The van der Waals surface area contributed by atoms with E-state index in [4.69, 9.17) is 9.47 Å². The molecule has 1 aliphatic heterocycles. The Bertz CT molecular complexity index is 148. The molecule has 1 aliphatic rings. The van der Waals surface area contributed by atoms with Crippen molar-refractivity contribution in [2.75, 3.05) is 66.7 Å². The first-order valence-electron chi connectivity index (χ1n) is 5.79. The zero-order chi connectivity index (χ0) is 10.9. The zero-order valence-electron chi connectivity index (χ0n) is 10.1. The maximum atomic E-state index is 5.08. The van der Waals surface area contributed by atoms with Crippen LogP contribution in [0.5, 0.6) is 0 Å². The molecule has 90 valence electrons. The molecule has 0 aromatic carbocycles. The van der Waals surface area contributed by atoms with Crippen LogP contribution < -0.4 is 0 Å². The molecule has 1 rings (SSSR count). The summed E-state index contributed by atoms with van der Waals surface area (Å²) in [5.74, 6) is 0. The summed E-state index contributed by atoms with van der Waals surface area (Å²) in [6.45, 7) is 8.70. The van der Waals surface area contributed by atoms with Gasteiger partial charge in [-0.2, -0.15) is 0 Å². The summed E-state index contributed by atoms with van der Waals surface area (Å²) in [7, 11) is 3.53. The third-order valence-electron chi connectivity index (χ3n) is 2.90. The average molecular weight is 216 g/mol. The Morgan fingerprint density at radius 3 is 1.87 bits per heavy atom. The van der Waals surface area contributed by atoms with Crippen LogP contribution in [0.1, 0.15) is 6.42 Å². The minimum atomic E-state index is 0.851. The number of nitrogens with zero attached hydrogens (tertiary/aromatic N) is 2. The van der Waals surface area contributed by atoms with Crippen molar-refractivity contribution in [3.63, 3.8) is 0 Å². The first kappa shape index (κ1) is 12.9. The van der Waals surface area contributed by atoms with E-state index < -0.39 is 0 Å². The average Bonchev–Trinajstić information content (AvgIpc) is 2.28. The van der Waals surface area contributed by atoms with E-state index >= 15 is 0 Å². The van der Waals surface area contributed by atoms with Crippen LogP contribution in [-0.4, -0.2) is 76.5 Å². The van der Waals surface area contributed by atoms with Gasteiger partial charge in [-0.1, -0.05) is 0 Å². The van der Waals surface area contributed by atoms with Crippen molar-refractivity contribution < 1.29 is 9.47 Å². The molecule has 0 atom stereocenters. The number of methoxy groups -OCH3 is 2. The summed E-state index contributed by atoms with van der Waals surface area (Å²) in [6.07, 6.45) is 1.15. The van der Waals surface area contributed by atoms with Gasteiger partial charge in [-0.3, -0.25) is 4.90 Å². The molecule has 0 spiro atoms. The highest BCUT2D eigenvalue weighted by atomic mass is 16.5. The summed E-state index contributed by atoms with van der Waals surface area (Å²) in [6, 6.07) is 0. The van der Waals surface area contributed by atoms with Crippen molar-refractivity contribution >= 4 is 0 Å². The van der Waals surface area contributed by atoms with Gasteiger partial charge in [0.05, 0.1) is 6.61 Å². The predicted octanol–water partition coefficient (Wildman–Crippen LogP) is 0.287. The van der Waals surface area contributed by atoms with Gasteiger partial charge in [0.1, 0.15) is 0 Å². The molecule has 0 aliphatic carbocycles. The molecule has 4 heteroatoms. The maximum Gasteiger partial charge on any atom is 0.0589 e. The molecule has 0 radical (unpaired) electrons. The van der Waals surface area contributed by atoms with Crippen LogP contribution in [0, 0.1) is 0 Å². The third-order valence-corrected chi connectivity index (χ3v) is 2.90. The van der Waals surface area contributed by atoms with Crippen molar-refractivity contribution in [3.05, 3.63) is 0 Å². The summed E-state index contributed by atoms with van der Waals surface area (Å²) < 4.78 is 10.1. The van der Waals surface area contributed by atoms with Gasteiger partial charge >= 0.3 is 0 Å². The molecular formula is C11H24N2O2. The van der Waals surface area contributed by atoms with Crippen molar-refractivity contribution in [1.29, 1.82) is 0 Å². The molecule has 1 fully saturated rings. The van der Waals surface area contributed by atoms with Gasteiger partial charge < -0.3 is 14.4 Å². The summed E-state index contributed by atoms with van der Waals surface area (Å²) in [5.41, 5.74) is 0. The van der Waals surface area contributed by atoms with Crippen molar-refractivity contribution in [2.45, 2.75) is 6.42 Å². The second-order valence-electron chi connectivity index (χ2n) is 4.02. The van der Waals surface area contributed by atoms with E-state index in [1.54, 1.807) is 14.2 Å². The van der Waals surface area contributed by atoms with E-state index in [0.29, 0.717) is 0 Å². The molecular weight excluding hydrogens is 192 g/mol. The second kappa shape index (κ2) is 8.05. The lowest BCUT2D eigenvalue weighted by molar-refractivity contribution is 0.0906. The Kier molecular flexibility index (Phi) is 6.92. The molecule has 1 heterocycles. The van der Waals surface area contributed by atoms with E-state index in [1.807, 2.05) is 0 Å². The fourth-order valence-electron chi connectivity index (χ4n) is 1.89. The molecule has 0 N–H and O–H groups in total. The minimum absolute atomic E-state index is 0.851. The summed E-state index contributed by atoms with van der Waals surface area (Å²) in [5, 5.41) is 0. The van der Waals surface area contributed by atoms with Gasteiger partial charge in [0.2, 0.25) is 0 Å². The largest absolute Gasteiger partial charge is 0.385 e. The first-order valence-corrected chi connectivity index (χ1v) is 5.79. The van der Waals surface area contributed by atoms with Crippen molar-refractivity contribution in [3.8, 4) is 0 Å². The molecule has 0 aromatic heterocycles. The fourth-order valence-corrected chi connectivity index (χ4v) is 1.89. The highest BCUT2D eigenvalue weighted by Crippen LogP contribution is 2.02. The molecule has 0 amide bonds. The van der Waals surface area contributed by atoms with E-state index in [2.05, 4.69) is 9.80 Å². The standard InChI is InChI=1S/C11H24N2O2/c1-14-10-3-4-12-5-7-13(8-6-12)9-11-15-2/h3-11H2,1-2H3. The van der Waals surface area contributed by atoms with Crippen LogP contribution in [-0.2, 0) is 9.47 Å². The van der Waals surface area contributed by atoms with Gasteiger partial charge in [-0.25, -0.2) is 0 Å². The quantitative estimate of drug-likeness (QED) is 0.571. The fraction of sp³-hybridized carbons (Fsp3) is 1.00. The lowest BCUT2D eigenvalue weighted by Gasteiger charge is -2.34. The van der Waals surface area contributed by atoms with Crippen LogP contribution in [0.4, 0.5) is 0 Å². The summed E-state index contributed by atoms with van der Waals surface area (Å²) >= 11 is 0. The van der Waals surface area contributed by atoms with E-state index in [9.17, 15) is 0 Å². The number of hydrogen-bond donors (Lipinski definition) is 0. The van der Waals surface area contributed by atoms with Gasteiger partial charge in [0.25, 0.3) is 0 Å². The van der Waals surface area contributed by atoms with Crippen molar-refractivity contribution in [2.24, 2.45) is 0 Å². The minimum Gasteiger partial charge on any atom is -0.385 e. The molecule has 4 nitrogen and oxygen atoms in total. The Morgan fingerprint density at radius 2 is 1.33 bits per heavy atom. The second-order valence-corrected chi connectivity index (χ2v) is 4.02. The highest BCUT2D eigenvalue weighted by Gasteiger charge is 2.15. The molecule has 1 saturated heterocycles. The Hall–Kier alpha value is -0.160. The molecule has 0 saturated carbocycles. The van der Waals surface area contributed by atoms with E-state index in [-0.39, 0.29) is 0 Å². The zero-order valence-corrected chi connectivity index (χ0v) is 10.1. The Balaban J connectivity index is 2.02. The molecule has 15 heavy (non-hydrogen) atoms. The normalized spacial score (nSPS) is 19.6. The predicted molar refractivity (Wildman–Crippen MR) is 61.2 cm³/mol. The van der Waals surface area contributed by atoms with Gasteiger partial charge in [-0.15, -0.1) is 0 Å². The van der Waals surface area contributed by atoms with Crippen molar-refractivity contribution in [1.82, 2.24) is 9.80 Å². The van der Waals surface area contributed by atoms with Crippen LogP contribution >= 0.6 is 0 Å². The smallest absolute Gasteiger partial charge is 0.0589 e. The first-order chi connectivity index (χ1) is 7.36. The van der Waals surface area contributed by atoms with Crippen LogP contribution in [0.3, 0.4) is 0 Å². The summed E-state index contributed by atoms with van der Waals surface area (Å²) in [4.78, 5) is 4.98. The van der Waals surface area contributed by atoms with Crippen LogP contribution in [0.15, 0.2) is 0 Å². The lowest BCUT2D eigenvalue weighted by Crippen LogP contribution is -2.47. The number of piperazine rings is 1. The maximum absolute atomic E-state index is 5.08. The number of rotatable bonds is 7. The lowest BCUT2D eigenvalue weighted by atomic mass is 10.3. The van der Waals surface area contributed by atoms with Gasteiger partial charge in [-0.05, 0) is 6.42 Å². The van der Waals surface area contributed by atoms with E-state index in [1.165, 1.54) is 32.7 Å². The number of hydrogen-bond acceptors (Lipinski definition) is 4. The van der Waals surface area contributed by atoms with Crippen LogP contribution in [0.25, 0.3) is 0 Å². The monoisotopic (exact) mass is 216 g/mol. The molecule has 0 aromatic rings. The topological polar surface area (TPSA) is 24.9 Å². The van der Waals surface area contributed by atoms with Gasteiger partial charge in [0.15, 0.2) is 0 Å². The molecule has 0 unspecified atom stereocenters. The SMILES string of the molecule is COCCCN1CCN(CCOC)CC1. The van der Waals surface area contributed by atoms with E-state index in [0.717, 1.165) is 26.2 Å². The highest BCUT2D eigenvalue weighted by molar-refractivity contribution is 4.71. The Labute approximate surface area is 93.1 Å². The van der Waals surface area contributed by atoms with Gasteiger partial charge in [0, 0.05) is 60.1 Å². The van der Waals surface area contributed by atoms with Crippen LogP contribution in [0.2, 0.25) is 0 Å². The Morgan fingerprint density at radius 1 is 0.800 bits per heavy atom. The third kappa shape index (κ3) is 5.47. The molecule has 0 bridgehead atoms.